The Bertz CT molecular complexity index is 727. The third-order valence-electron chi connectivity index (χ3n) is 4.60. The summed E-state index contributed by atoms with van der Waals surface area (Å²) in [6, 6.07) is 3.64. The number of ether oxygens (including phenoxy) is 3. The van der Waals surface area contributed by atoms with Gasteiger partial charge >= 0.3 is 5.97 Å². The Morgan fingerprint density at radius 2 is 1.96 bits per heavy atom. The molecule has 3 rings (SSSR count). The van der Waals surface area contributed by atoms with Gasteiger partial charge in [-0.15, -0.1) is 0 Å². The van der Waals surface area contributed by atoms with Gasteiger partial charge in [-0.1, -0.05) is 24.4 Å². The van der Waals surface area contributed by atoms with Gasteiger partial charge in [0.05, 0.1) is 18.2 Å². The van der Waals surface area contributed by atoms with Crippen LogP contribution in [0.1, 0.15) is 44.6 Å². The van der Waals surface area contributed by atoms with Crippen molar-refractivity contribution in [3.05, 3.63) is 28.8 Å². The summed E-state index contributed by atoms with van der Waals surface area (Å²) in [5, 5.41) is 3.34. The molecule has 146 valence electrons. The highest BCUT2D eigenvalue weighted by molar-refractivity contribution is 6.32. The van der Waals surface area contributed by atoms with Crippen molar-refractivity contribution in [1.82, 2.24) is 5.32 Å². The van der Waals surface area contributed by atoms with E-state index in [1.165, 1.54) is 6.08 Å². The van der Waals surface area contributed by atoms with Crippen molar-refractivity contribution in [3.8, 4) is 11.5 Å². The molecule has 2 aliphatic rings. The summed E-state index contributed by atoms with van der Waals surface area (Å²) in [7, 11) is 0. The molecule has 6 nitrogen and oxygen atoms in total. The van der Waals surface area contributed by atoms with Crippen LogP contribution in [-0.4, -0.2) is 37.2 Å². The summed E-state index contributed by atoms with van der Waals surface area (Å²) in [4.78, 5) is 24.1. The zero-order chi connectivity index (χ0) is 19.2. The Labute approximate surface area is 163 Å². The minimum absolute atomic E-state index is 0.193. The highest BCUT2D eigenvalue weighted by Gasteiger charge is 2.22. The minimum atomic E-state index is -0.838. The number of fused-ring (bicyclic) bond motifs is 1. The lowest BCUT2D eigenvalue weighted by Gasteiger charge is -2.16. The van der Waals surface area contributed by atoms with Crippen molar-refractivity contribution >= 4 is 29.6 Å². The van der Waals surface area contributed by atoms with Crippen LogP contribution in [-0.2, 0) is 14.3 Å². The molecule has 1 saturated carbocycles. The molecule has 0 saturated heterocycles. The number of hydrogen-bond donors (Lipinski definition) is 1. The van der Waals surface area contributed by atoms with E-state index in [2.05, 4.69) is 5.32 Å². The van der Waals surface area contributed by atoms with Crippen molar-refractivity contribution in [2.45, 2.75) is 51.2 Å². The normalized spacial score (nSPS) is 18.1. The third-order valence-corrected chi connectivity index (χ3v) is 4.88. The summed E-state index contributed by atoms with van der Waals surface area (Å²) in [5.74, 6) is 0.220. The zero-order valence-corrected chi connectivity index (χ0v) is 16.1. The van der Waals surface area contributed by atoms with Crippen LogP contribution in [0, 0.1) is 0 Å². The summed E-state index contributed by atoms with van der Waals surface area (Å²) >= 11 is 6.23. The molecule has 0 unspecified atom stereocenters. The van der Waals surface area contributed by atoms with E-state index in [0.717, 1.165) is 32.1 Å². The highest BCUT2D eigenvalue weighted by Crippen LogP contribution is 2.38. The molecule has 1 heterocycles. The average Bonchev–Trinajstić information content (AvgIpc) is 3.02. The molecule has 1 amide bonds. The quantitative estimate of drug-likeness (QED) is 0.612. The van der Waals surface area contributed by atoms with Crippen molar-refractivity contribution in [1.29, 1.82) is 0 Å². The molecule has 1 aromatic rings. The topological polar surface area (TPSA) is 73.9 Å². The second-order valence-corrected chi connectivity index (χ2v) is 7.19. The van der Waals surface area contributed by atoms with Crippen LogP contribution in [0.5, 0.6) is 11.5 Å². The van der Waals surface area contributed by atoms with E-state index in [9.17, 15) is 9.59 Å². The van der Waals surface area contributed by atoms with Crippen LogP contribution in [0.4, 0.5) is 0 Å². The second kappa shape index (κ2) is 9.13. The van der Waals surface area contributed by atoms with Gasteiger partial charge in [-0.3, -0.25) is 4.79 Å². The molecule has 0 radical (unpaired) electrons. The number of carbonyl (C=O) groups is 2. The maximum absolute atomic E-state index is 12.1. The van der Waals surface area contributed by atoms with Crippen LogP contribution in [0.15, 0.2) is 18.2 Å². The number of carbonyl (C=O) groups excluding carboxylic acids is 2. The van der Waals surface area contributed by atoms with Gasteiger partial charge in [0.2, 0.25) is 0 Å². The first-order chi connectivity index (χ1) is 13.0. The maximum Gasteiger partial charge on any atom is 0.331 e. The number of halogens is 1. The van der Waals surface area contributed by atoms with E-state index < -0.39 is 12.1 Å². The maximum atomic E-state index is 12.1. The highest BCUT2D eigenvalue weighted by atomic mass is 35.5. The van der Waals surface area contributed by atoms with Crippen LogP contribution in [0.25, 0.3) is 6.08 Å². The molecule has 1 atom stereocenters. The number of benzene rings is 1. The van der Waals surface area contributed by atoms with Gasteiger partial charge in [0, 0.05) is 18.5 Å². The fraction of sp³-hybridized carbons (Fsp3) is 0.500. The van der Waals surface area contributed by atoms with E-state index in [0.29, 0.717) is 35.3 Å². The molecule has 1 N–H and O–H groups in total. The Morgan fingerprint density at radius 1 is 1.22 bits per heavy atom. The molecule has 1 aliphatic heterocycles. The predicted octanol–water partition coefficient (Wildman–Crippen LogP) is 3.51. The first kappa shape index (κ1) is 19.5. The lowest BCUT2D eigenvalue weighted by atomic mass is 10.2. The number of nitrogens with one attached hydrogen (secondary N) is 1. The van der Waals surface area contributed by atoms with E-state index in [1.54, 1.807) is 25.1 Å². The van der Waals surface area contributed by atoms with Gasteiger partial charge in [-0.25, -0.2) is 4.79 Å². The first-order valence-corrected chi connectivity index (χ1v) is 9.69. The average molecular weight is 394 g/mol. The van der Waals surface area contributed by atoms with Crippen LogP contribution < -0.4 is 14.8 Å². The summed E-state index contributed by atoms with van der Waals surface area (Å²) in [5.41, 5.74) is 0.685. The molecule has 1 aliphatic carbocycles. The minimum Gasteiger partial charge on any atom is -0.489 e. The van der Waals surface area contributed by atoms with Gasteiger partial charge in [0.25, 0.3) is 5.91 Å². The second-order valence-electron chi connectivity index (χ2n) is 6.78. The molecule has 1 aromatic carbocycles. The zero-order valence-electron chi connectivity index (χ0n) is 15.3. The Balaban J connectivity index is 1.57. The molecule has 1 fully saturated rings. The predicted molar refractivity (Wildman–Crippen MR) is 102 cm³/mol. The fourth-order valence-electron chi connectivity index (χ4n) is 3.17. The van der Waals surface area contributed by atoms with Gasteiger partial charge in [-0.2, -0.15) is 0 Å². The Hall–Kier alpha value is -2.21. The smallest absolute Gasteiger partial charge is 0.331 e. The van der Waals surface area contributed by atoms with Crippen molar-refractivity contribution < 1.29 is 23.8 Å². The van der Waals surface area contributed by atoms with Gasteiger partial charge in [-0.05, 0) is 43.5 Å². The van der Waals surface area contributed by atoms with Crippen molar-refractivity contribution in [2.75, 3.05) is 13.2 Å². The van der Waals surface area contributed by atoms with Crippen LogP contribution >= 0.6 is 11.6 Å². The number of amides is 1. The number of rotatable bonds is 5. The standard InChI is InChI=1S/C20H24ClNO5/c1-13(20(24)22-15-5-2-3-6-15)27-18(23)8-7-14-11-16(21)19-17(12-14)25-9-4-10-26-19/h7-8,11-13,15H,2-6,9-10H2,1H3,(H,22,24)/b8-7+/t13-/m1/s1. The van der Waals surface area contributed by atoms with Gasteiger partial charge in [0.15, 0.2) is 17.6 Å². The third kappa shape index (κ3) is 5.39. The largest absolute Gasteiger partial charge is 0.489 e. The summed E-state index contributed by atoms with van der Waals surface area (Å²) in [6.45, 7) is 2.67. The molecular formula is C20H24ClNO5. The fourth-order valence-corrected chi connectivity index (χ4v) is 3.44. The van der Waals surface area contributed by atoms with Gasteiger partial charge in [0.1, 0.15) is 0 Å². The van der Waals surface area contributed by atoms with Crippen molar-refractivity contribution in [3.63, 3.8) is 0 Å². The lowest BCUT2D eigenvalue weighted by Crippen LogP contribution is -2.40. The van der Waals surface area contributed by atoms with Crippen LogP contribution in [0.2, 0.25) is 5.02 Å². The lowest BCUT2D eigenvalue weighted by molar-refractivity contribution is -0.150. The van der Waals surface area contributed by atoms with E-state index in [4.69, 9.17) is 25.8 Å². The molecule has 0 spiro atoms. The van der Waals surface area contributed by atoms with Crippen LogP contribution in [0.3, 0.4) is 0 Å². The monoisotopic (exact) mass is 393 g/mol. The first-order valence-electron chi connectivity index (χ1n) is 9.31. The van der Waals surface area contributed by atoms with E-state index in [1.807, 2.05) is 0 Å². The molecule has 7 heteroatoms. The number of esters is 1. The molecule has 0 aromatic heterocycles. The van der Waals surface area contributed by atoms with E-state index in [-0.39, 0.29) is 11.9 Å². The SMILES string of the molecule is C[C@@H](OC(=O)/C=C/c1cc(Cl)c2c(c1)OCCCO2)C(=O)NC1CCCC1. The Morgan fingerprint density at radius 3 is 2.74 bits per heavy atom. The summed E-state index contributed by atoms with van der Waals surface area (Å²) in [6.07, 6.45) is 7.01. The number of hydrogen-bond acceptors (Lipinski definition) is 5. The van der Waals surface area contributed by atoms with E-state index >= 15 is 0 Å². The van der Waals surface area contributed by atoms with Gasteiger partial charge < -0.3 is 19.5 Å². The summed E-state index contributed by atoms with van der Waals surface area (Å²) < 4.78 is 16.4. The Kier molecular flexibility index (Phi) is 6.61. The molecule has 27 heavy (non-hydrogen) atoms. The van der Waals surface area contributed by atoms with Crippen molar-refractivity contribution in [2.24, 2.45) is 0 Å². The molecule has 0 bridgehead atoms. The molecular weight excluding hydrogens is 370 g/mol.